The summed E-state index contributed by atoms with van der Waals surface area (Å²) in [6, 6.07) is 16.3. The average Bonchev–Trinajstić information content (AvgIpc) is 2.48. The Hall–Kier alpha value is -1.89. The lowest BCUT2D eigenvalue weighted by Gasteiger charge is -2.08. The molecule has 0 saturated heterocycles. The zero-order valence-corrected chi connectivity index (χ0v) is 12.8. The standard InChI is InChI=1S/C15H13IN2O2/c16-12-8-4-5-9-13(12)18-14(19)10-17-15(20)11-6-2-1-3-7-11/h1-9H,10H2,(H,17,20)(H,18,19). The quantitative estimate of drug-likeness (QED) is 0.802. The third-order valence-corrected chi connectivity index (χ3v) is 3.53. The summed E-state index contributed by atoms with van der Waals surface area (Å²) in [7, 11) is 0. The number of hydrogen-bond acceptors (Lipinski definition) is 2. The molecular formula is C15H13IN2O2. The second kappa shape index (κ2) is 7.04. The minimum Gasteiger partial charge on any atom is -0.343 e. The van der Waals surface area contributed by atoms with Crippen LogP contribution >= 0.6 is 22.6 Å². The molecule has 0 saturated carbocycles. The minimum absolute atomic E-state index is 0.0568. The van der Waals surface area contributed by atoms with E-state index in [0.29, 0.717) is 5.56 Å². The van der Waals surface area contributed by atoms with Gasteiger partial charge < -0.3 is 10.6 Å². The lowest BCUT2D eigenvalue weighted by Crippen LogP contribution is -2.32. The number of rotatable bonds is 4. The maximum absolute atomic E-state index is 11.8. The summed E-state index contributed by atoms with van der Waals surface area (Å²) >= 11 is 2.14. The Morgan fingerprint density at radius 2 is 1.60 bits per heavy atom. The summed E-state index contributed by atoms with van der Waals surface area (Å²) in [6.07, 6.45) is 0. The number of para-hydroxylation sites is 1. The van der Waals surface area contributed by atoms with Crippen molar-refractivity contribution < 1.29 is 9.59 Å². The number of hydrogen-bond donors (Lipinski definition) is 2. The van der Waals surface area contributed by atoms with Gasteiger partial charge in [-0.1, -0.05) is 30.3 Å². The van der Waals surface area contributed by atoms with Crippen LogP contribution in [-0.4, -0.2) is 18.4 Å². The number of nitrogens with one attached hydrogen (secondary N) is 2. The zero-order valence-electron chi connectivity index (χ0n) is 10.6. The van der Waals surface area contributed by atoms with Gasteiger partial charge in [0.15, 0.2) is 0 Å². The van der Waals surface area contributed by atoms with E-state index in [1.54, 1.807) is 24.3 Å². The molecule has 0 spiro atoms. The van der Waals surface area contributed by atoms with Crippen molar-refractivity contribution in [1.82, 2.24) is 5.32 Å². The van der Waals surface area contributed by atoms with Crippen molar-refractivity contribution in [2.24, 2.45) is 0 Å². The second-order valence-corrected chi connectivity index (χ2v) is 5.24. The van der Waals surface area contributed by atoms with Crippen molar-refractivity contribution in [3.8, 4) is 0 Å². The van der Waals surface area contributed by atoms with Crippen molar-refractivity contribution in [2.75, 3.05) is 11.9 Å². The van der Waals surface area contributed by atoms with E-state index in [4.69, 9.17) is 0 Å². The molecule has 2 rings (SSSR count). The van der Waals surface area contributed by atoms with E-state index < -0.39 is 0 Å². The van der Waals surface area contributed by atoms with Crippen LogP contribution in [0.1, 0.15) is 10.4 Å². The monoisotopic (exact) mass is 380 g/mol. The largest absolute Gasteiger partial charge is 0.343 e. The van der Waals surface area contributed by atoms with Crippen LogP contribution in [0.3, 0.4) is 0 Å². The molecule has 0 aliphatic carbocycles. The van der Waals surface area contributed by atoms with Gasteiger partial charge in [-0.25, -0.2) is 0 Å². The van der Waals surface area contributed by atoms with Gasteiger partial charge in [-0.15, -0.1) is 0 Å². The maximum Gasteiger partial charge on any atom is 0.251 e. The molecule has 2 aromatic rings. The van der Waals surface area contributed by atoms with Crippen LogP contribution in [0.25, 0.3) is 0 Å². The molecule has 102 valence electrons. The van der Waals surface area contributed by atoms with Crippen LogP contribution in [0, 0.1) is 3.57 Å². The van der Waals surface area contributed by atoms with Gasteiger partial charge in [-0.05, 0) is 46.9 Å². The summed E-state index contributed by atoms with van der Waals surface area (Å²) in [6.45, 7) is -0.0568. The van der Waals surface area contributed by atoms with Crippen LogP contribution < -0.4 is 10.6 Å². The van der Waals surface area contributed by atoms with Crippen LogP contribution in [0.4, 0.5) is 5.69 Å². The normalized spacial score (nSPS) is 9.85. The Kier molecular flexibility index (Phi) is 5.11. The van der Waals surface area contributed by atoms with Gasteiger partial charge in [0.05, 0.1) is 12.2 Å². The molecule has 0 fully saturated rings. The van der Waals surface area contributed by atoms with Gasteiger partial charge in [0.2, 0.25) is 5.91 Å². The lowest BCUT2D eigenvalue weighted by molar-refractivity contribution is -0.115. The van der Waals surface area contributed by atoms with Crippen LogP contribution in [0.15, 0.2) is 54.6 Å². The zero-order chi connectivity index (χ0) is 14.4. The fourth-order valence-corrected chi connectivity index (χ4v) is 2.13. The first-order valence-corrected chi connectivity index (χ1v) is 7.12. The predicted octanol–water partition coefficient (Wildman–Crippen LogP) is 2.66. The lowest BCUT2D eigenvalue weighted by atomic mass is 10.2. The molecule has 2 amide bonds. The van der Waals surface area contributed by atoms with Crippen molar-refractivity contribution in [1.29, 1.82) is 0 Å². The van der Waals surface area contributed by atoms with Crippen molar-refractivity contribution in [3.63, 3.8) is 0 Å². The molecule has 0 aliphatic rings. The number of anilines is 1. The molecule has 2 N–H and O–H groups in total. The summed E-state index contributed by atoms with van der Waals surface area (Å²) in [5, 5.41) is 5.34. The fourth-order valence-electron chi connectivity index (χ4n) is 1.61. The van der Waals surface area contributed by atoms with Crippen LogP contribution in [0.2, 0.25) is 0 Å². The Morgan fingerprint density at radius 1 is 0.950 bits per heavy atom. The smallest absolute Gasteiger partial charge is 0.251 e. The molecule has 0 heterocycles. The Bertz CT molecular complexity index is 614. The van der Waals surface area contributed by atoms with Gasteiger partial charge in [-0.3, -0.25) is 9.59 Å². The van der Waals surface area contributed by atoms with Gasteiger partial charge >= 0.3 is 0 Å². The molecule has 4 nitrogen and oxygen atoms in total. The second-order valence-electron chi connectivity index (χ2n) is 4.08. The minimum atomic E-state index is -0.261. The molecule has 5 heteroatoms. The topological polar surface area (TPSA) is 58.2 Å². The third kappa shape index (κ3) is 4.06. The number of benzene rings is 2. The number of carbonyl (C=O) groups is 2. The van der Waals surface area contributed by atoms with E-state index in [1.165, 1.54) is 0 Å². The number of halogens is 1. The van der Waals surface area contributed by atoms with Crippen LogP contribution in [0.5, 0.6) is 0 Å². The Labute approximate surface area is 130 Å². The third-order valence-electron chi connectivity index (χ3n) is 2.59. The van der Waals surface area contributed by atoms with E-state index in [-0.39, 0.29) is 18.4 Å². The van der Waals surface area contributed by atoms with Gasteiger partial charge in [-0.2, -0.15) is 0 Å². The van der Waals surface area contributed by atoms with Gasteiger partial charge in [0, 0.05) is 9.13 Å². The van der Waals surface area contributed by atoms with Crippen molar-refractivity contribution in [2.45, 2.75) is 0 Å². The molecule has 0 atom stereocenters. The van der Waals surface area contributed by atoms with Gasteiger partial charge in [0.1, 0.15) is 0 Å². The van der Waals surface area contributed by atoms with E-state index in [9.17, 15) is 9.59 Å². The van der Waals surface area contributed by atoms with Crippen molar-refractivity contribution in [3.05, 3.63) is 63.7 Å². The number of amides is 2. The van der Waals surface area contributed by atoms with E-state index in [1.807, 2.05) is 30.3 Å². The SMILES string of the molecule is O=C(CNC(=O)c1ccccc1)Nc1ccccc1I. The molecule has 20 heavy (non-hydrogen) atoms. The Morgan fingerprint density at radius 3 is 2.30 bits per heavy atom. The predicted molar refractivity (Wildman–Crippen MR) is 86.6 cm³/mol. The van der Waals surface area contributed by atoms with Gasteiger partial charge in [0.25, 0.3) is 5.91 Å². The first-order valence-electron chi connectivity index (χ1n) is 6.04. The van der Waals surface area contributed by atoms with Crippen LogP contribution in [-0.2, 0) is 4.79 Å². The highest BCUT2D eigenvalue weighted by Crippen LogP contribution is 2.16. The highest BCUT2D eigenvalue weighted by Gasteiger charge is 2.08. The first-order chi connectivity index (χ1) is 9.66. The highest BCUT2D eigenvalue weighted by molar-refractivity contribution is 14.1. The molecule has 0 aromatic heterocycles. The molecule has 0 unspecified atom stereocenters. The average molecular weight is 380 g/mol. The summed E-state index contributed by atoms with van der Waals surface area (Å²) in [5.74, 6) is -0.512. The molecule has 2 aromatic carbocycles. The van der Waals surface area contributed by atoms with E-state index >= 15 is 0 Å². The number of carbonyl (C=O) groups excluding carboxylic acids is 2. The molecular weight excluding hydrogens is 367 g/mol. The van der Waals surface area contributed by atoms with E-state index in [2.05, 4.69) is 33.2 Å². The summed E-state index contributed by atoms with van der Waals surface area (Å²) < 4.78 is 0.952. The summed E-state index contributed by atoms with van der Waals surface area (Å²) in [4.78, 5) is 23.5. The molecule has 0 bridgehead atoms. The molecule has 0 radical (unpaired) electrons. The first kappa shape index (κ1) is 14.5. The van der Waals surface area contributed by atoms with Crippen molar-refractivity contribution >= 4 is 40.1 Å². The molecule has 0 aliphatic heterocycles. The Balaban J connectivity index is 1.87. The van der Waals surface area contributed by atoms with E-state index in [0.717, 1.165) is 9.26 Å². The fraction of sp³-hybridized carbons (Fsp3) is 0.0667. The maximum atomic E-state index is 11.8. The highest BCUT2D eigenvalue weighted by atomic mass is 127. The summed E-state index contributed by atoms with van der Waals surface area (Å²) in [5.41, 5.74) is 1.28.